The fraction of sp³-hybridized carbons (Fsp3) is 0.105. The number of methoxy groups -OCH3 is 1. The van der Waals surface area contributed by atoms with E-state index in [4.69, 9.17) is 16.3 Å². The largest absolute Gasteiger partial charge is 0.496 e. The number of halogens is 1. The van der Waals surface area contributed by atoms with Crippen LogP contribution in [0.2, 0.25) is 5.02 Å². The van der Waals surface area contributed by atoms with Gasteiger partial charge in [-0.05, 0) is 47.7 Å². The van der Waals surface area contributed by atoms with Crippen LogP contribution in [-0.4, -0.2) is 23.2 Å². The van der Waals surface area contributed by atoms with Crippen molar-refractivity contribution in [3.05, 3.63) is 69.1 Å². The van der Waals surface area contributed by atoms with Crippen molar-refractivity contribution >= 4 is 40.6 Å². The fourth-order valence-electron chi connectivity index (χ4n) is 2.53. The number of amides is 2. The molecule has 0 spiro atoms. The molecule has 0 radical (unpaired) electrons. The number of benzene rings is 2. The van der Waals surface area contributed by atoms with Gasteiger partial charge >= 0.3 is 0 Å². The first-order valence-electron chi connectivity index (χ1n) is 7.60. The molecule has 2 amide bonds. The maximum atomic E-state index is 12.7. The summed E-state index contributed by atoms with van der Waals surface area (Å²) in [6, 6.07) is 14.0. The third-order valence-electron chi connectivity index (χ3n) is 3.82. The molecule has 1 saturated heterocycles. The third-order valence-corrected chi connectivity index (χ3v) is 4.96. The van der Waals surface area contributed by atoms with Gasteiger partial charge in [-0.25, -0.2) is 0 Å². The quantitative estimate of drug-likeness (QED) is 0.728. The van der Waals surface area contributed by atoms with Gasteiger partial charge in [0, 0.05) is 10.6 Å². The van der Waals surface area contributed by atoms with Gasteiger partial charge in [-0.1, -0.05) is 29.8 Å². The highest BCUT2D eigenvalue weighted by atomic mass is 35.5. The first kappa shape index (κ1) is 18.1. The van der Waals surface area contributed by atoms with Crippen molar-refractivity contribution in [3.63, 3.8) is 0 Å². The van der Waals surface area contributed by atoms with E-state index in [1.807, 2.05) is 0 Å². The maximum absolute atomic E-state index is 12.7. The van der Waals surface area contributed by atoms with Gasteiger partial charge < -0.3 is 4.74 Å². The molecule has 0 bridgehead atoms. The summed E-state index contributed by atoms with van der Waals surface area (Å²) >= 11 is 6.86. The van der Waals surface area contributed by atoms with Crippen LogP contribution >= 0.6 is 23.4 Å². The lowest BCUT2D eigenvalue weighted by atomic mass is 10.1. The van der Waals surface area contributed by atoms with Crippen molar-refractivity contribution in [3.8, 4) is 11.8 Å². The normalized spacial score (nSPS) is 15.4. The van der Waals surface area contributed by atoms with E-state index in [1.54, 1.807) is 48.5 Å². The Bertz CT molecular complexity index is 965. The molecular formula is C19H13ClN2O3S. The van der Waals surface area contributed by atoms with Gasteiger partial charge in [0.25, 0.3) is 11.1 Å². The highest BCUT2D eigenvalue weighted by Crippen LogP contribution is 2.35. The van der Waals surface area contributed by atoms with Crippen LogP contribution in [-0.2, 0) is 11.3 Å². The monoisotopic (exact) mass is 384 g/mol. The summed E-state index contributed by atoms with van der Waals surface area (Å²) in [5.41, 5.74) is 1.67. The standard InChI is InChI=1S/C19H13ClN2O3S/c1-25-16-7-6-15(20)8-14(16)9-17-18(23)22(19(24)26-17)11-13-5-3-2-4-12(13)10-21/h2-9H,11H2,1H3/b17-9+. The molecule has 0 aliphatic carbocycles. The van der Waals surface area contributed by atoms with E-state index >= 15 is 0 Å². The number of nitriles is 1. The number of hydrogen-bond donors (Lipinski definition) is 0. The molecule has 2 aromatic rings. The van der Waals surface area contributed by atoms with Crippen LogP contribution in [0, 0.1) is 11.3 Å². The van der Waals surface area contributed by atoms with Crippen molar-refractivity contribution in [2.45, 2.75) is 6.54 Å². The van der Waals surface area contributed by atoms with Gasteiger partial charge in [0.05, 0.1) is 30.2 Å². The Morgan fingerprint density at radius 3 is 2.77 bits per heavy atom. The Morgan fingerprint density at radius 2 is 2.04 bits per heavy atom. The zero-order chi connectivity index (χ0) is 18.7. The van der Waals surface area contributed by atoms with E-state index in [0.717, 1.165) is 16.7 Å². The fourth-order valence-corrected chi connectivity index (χ4v) is 3.54. The zero-order valence-corrected chi connectivity index (χ0v) is 15.3. The lowest BCUT2D eigenvalue weighted by Gasteiger charge is -2.13. The summed E-state index contributed by atoms with van der Waals surface area (Å²) in [7, 11) is 1.52. The topological polar surface area (TPSA) is 70.4 Å². The molecule has 1 heterocycles. The van der Waals surface area contributed by atoms with E-state index in [-0.39, 0.29) is 16.7 Å². The second-order valence-electron chi connectivity index (χ2n) is 5.42. The summed E-state index contributed by atoms with van der Waals surface area (Å²) in [5.74, 6) is 0.144. The lowest BCUT2D eigenvalue weighted by Crippen LogP contribution is -2.27. The molecule has 3 rings (SSSR count). The van der Waals surface area contributed by atoms with Crippen molar-refractivity contribution in [2.24, 2.45) is 0 Å². The van der Waals surface area contributed by atoms with Gasteiger partial charge in [-0.3, -0.25) is 14.5 Å². The summed E-state index contributed by atoms with van der Waals surface area (Å²) in [6.45, 7) is 0.0540. The molecule has 1 aliphatic heterocycles. The minimum Gasteiger partial charge on any atom is -0.496 e. The minimum absolute atomic E-state index is 0.0540. The van der Waals surface area contributed by atoms with Gasteiger partial charge in [-0.15, -0.1) is 0 Å². The van der Waals surface area contributed by atoms with Crippen molar-refractivity contribution in [1.82, 2.24) is 4.90 Å². The van der Waals surface area contributed by atoms with E-state index in [0.29, 0.717) is 27.5 Å². The van der Waals surface area contributed by atoms with Crippen LogP contribution in [0.3, 0.4) is 0 Å². The van der Waals surface area contributed by atoms with E-state index in [1.165, 1.54) is 7.11 Å². The summed E-state index contributed by atoms with van der Waals surface area (Å²) in [4.78, 5) is 26.4. The van der Waals surface area contributed by atoms with Crippen molar-refractivity contribution in [2.75, 3.05) is 7.11 Å². The van der Waals surface area contributed by atoms with Crippen LogP contribution in [0.1, 0.15) is 16.7 Å². The molecule has 2 aromatic carbocycles. The molecule has 0 saturated carbocycles. The van der Waals surface area contributed by atoms with E-state index in [2.05, 4.69) is 6.07 Å². The van der Waals surface area contributed by atoms with E-state index < -0.39 is 5.91 Å². The Balaban J connectivity index is 1.90. The van der Waals surface area contributed by atoms with Gasteiger partial charge in [-0.2, -0.15) is 5.26 Å². The molecule has 7 heteroatoms. The third kappa shape index (κ3) is 3.59. The lowest BCUT2D eigenvalue weighted by molar-refractivity contribution is -0.123. The predicted octanol–water partition coefficient (Wildman–Crippen LogP) is 4.46. The molecule has 0 unspecified atom stereocenters. The number of rotatable bonds is 4. The van der Waals surface area contributed by atoms with Gasteiger partial charge in [0.1, 0.15) is 5.75 Å². The average molecular weight is 385 g/mol. The smallest absolute Gasteiger partial charge is 0.293 e. The Kier molecular flexibility index (Phi) is 5.31. The minimum atomic E-state index is -0.408. The highest BCUT2D eigenvalue weighted by Gasteiger charge is 2.35. The molecule has 26 heavy (non-hydrogen) atoms. The molecule has 1 fully saturated rings. The average Bonchev–Trinajstić information content (AvgIpc) is 2.90. The number of carbonyl (C=O) groups is 2. The zero-order valence-electron chi connectivity index (χ0n) is 13.7. The van der Waals surface area contributed by atoms with Crippen LogP contribution in [0.15, 0.2) is 47.4 Å². The second-order valence-corrected chi connectivity index (χ2v) is 6.85. The summed E-state index contributed by atoms with van der Waals surface area (Å²) in [6.07, 6.45) is 1.59. The second kappa shape index (κ2) is 7.65. The van der Waals surface area contributed by atoms with Crippen LogP contribution < -0.4 is 4.74 Å². The number of imide groups is 1. The molecule has 0 aromatic heterocycles. The van der Waals surface area contributed by atoms with Crippen molar-refractivity contribution < 1.29 is 14.3 Å². The molecule has 1 aliphatic rings. The Hall–Kier alpha value is -2.75. The van der Waals surface area contributed by atoms with Gasteiger partial charge in [0.15, 0.2) is 0 Å². The first-order chi connectivity index (χ1) is 12.5. The Labute approximate surface area is 159 Å². The molecule has 130 valence electrons. The predicted molar refractivity (Wildman–Crippen MR) is 101 cm³/mol. The molecule has 5 nitrogen and oxygen atoms in total. The number of nitrogens with zero attached hydrogens (tertiary/aromatic N) is 2. The van der Waals surface area contributed by atoms with Crippen molar-refractivity contribution in [1.29, 1.82) is 5.26 Å². The summed E-state index contributed by atoms with van der Waals surface area (Å²) < 4.78 is 5.27. The van der Waals surface area contributed by atoms with Gasteiger partial charge in [0.2, 0.25) is 0 Å². The number of hydrogen-bond acceptors (Lipinski definition) is 5. The Morgan fingerprint density at radius 1 is 1.27 bits per heavy atom. The maximum Gasteiger partial charge on any atom is 0.293 e. The van der Waals surface area contributed by atoms with Crippen LogP contribution in [0.4, 0.5) is 4.79 Å². The molecule has 0 N–H and O–H groups in total. The molecular weight excluding hydrogens is 372 g/mol. The van der Waals surface area contributed by atoms with Crippen LogP contribution in [0.25, 0.3) is 6.08 Å². The highest BCUT2D eigenvalue weighted by molar-refractivity contribution is 8.18. The van der Waals surface area contributed by atoms with E-state index in [9.17, 15) is 14.9 Å². The molecule has 0 atom stereocenters. The number of ether oxygens (including phenoxy) is 1. The first-order valence-corrected chi connectivity index (χ1v) is 8.80. The summed E-state index contributed by atoms with van der Waals surface area (Å²) in [5, 5.41) is 9.29. The SMILES string of the molecule is COc1ccc(Cl)cc1/C=C1/SC(=O)N(Cc2ccccc2C#N)C1=O. The van der Waals surface area contributed by atoms with Crippen LogP contribution in [0.5, 0.6) is 5.75 Å². The number of carbonyl (C=O) groups excluding carboxylic acids is 2. The number of thioether (sulfide) groups is 1.